The number of nitrogens with zero attached hydrogens (tertiary/aromatic N) is 2. The summed E-state index contributed by atoms with van der Waals surface area (Å²) in [6.45, 7) is 0.289. The van der Waals surface area contributed by atoms with Gasteiger partial charge in [0.15, 0.2) is 5.75 Å². The molecule has 0 aliphatic carbocycles. The van der Waals surface area contributed by atoms with Crippen LogP contribution in [0.3, 0.4) is 0 Å². The molecule has 0 amide bonds. The zero-order chi connectivity index (χ0) is 11.4. The topological polar surface area (TPSA) is 61.0 Å². The van der Waals surface area contributed by atoms with Gasteiger partial charge in [0.25, 0.3) is 0 Å². The van der Waals surface area contributed by atoms with E-state index in [4.69, 9.17) is 10.5 Å². The smallest absolute Gasteiger partial charge is 0.164 e. The van der Waals surface area contributed by atoms with Gasteiger partial charge in [0.05, 0.1) is 18.9 Å². The van der Waals surface area contributed by atoms with Gasteiger partial charge in [-0.3, -0.25) is 0 Å². The first-order valence-corrected chi connectivity index (χ1v) is 4.72. The summed E-state index contributed by atoms with van der Waals surface area (Å²) in [5, 5.41) is 0. The van der Waals surface area contributed by atoms with Gasteiger partial charge in [-0.25, -0.2) is 14.4 Å². The van der Waals surface area contributed by atoms with Gasteiger partial charge in [-0.05, 0) is 24.3 Å². The summed E-state index contributed by atoms with van der Waals surface area (Å²) in [6.07, 6.45) is 3.05. The number of ether oxygens (including phenoxy) is 1. The van der Waals surface area contributed by atoms with Crippen molar-refractivity contribution in [1.82, 2.24) is 9.97 Å². The van der Waals surface area contributed by atoms with Crippen molar-refractivity contribution in [3.05, 3.63) is 48.3 Å². The molecule has 0 unspecified atom stereocenters. The fourth-order valence-electron chi connectivity index (χ4n) is 1.14. The van der Waals surface area contributed by atoms with Crippen LogP contribution in [-0.4, -0.2) is 9.97 Å². The molecule has 5 heteroatoms. The van der Waals surface area contributed by atoms with Crippen molar-refractivity contribution < 1.29 is 9.13 Å². The monoisotopic (exact) mass is 219 g/mol. The average molecular weight is 219 g/mol. The second-order valence-corrected chi connectivity index (χ2v) is 3.10. The molecule has 0 spiro atoms. The average Bonchev–Trinajstić information content (AvgIpc) is 2.33. The molecule has 2 rings (SSSR count). The molecule has 4 nitrogen and oxygen atoms in total. The maximum atomic E-state index is 12.6. The van der Waals surface area contributed by atoms with E-state index < -0.39 is 0 Å². The van der Waals surface area contributed by atoms with E-state index in [9.17, 15) is 4.39 Å². The van der Waals surface area contributed by atoms with E-state index in [0.717, 1.165) is 0 Å². The zero-order valence-electron chi connectivity index (χ0n) is 8.43. The molecular formula is C11H10FN3O. The normalized spacial score (nSPS) is 10.1. The Bertz CT molecular complexity index is 456. The third kappa shape index (κ3) is 2.52. The molecule has 1 heterocycles. The van der Waals surface area contributed by atoms with Crippen LogP contribution in [0.15, 0.2) is 36.7 Å². The van der Waals surface area contributed by atoms with E-state index in [1.807, 2.05) is 0 Å². The lowest BCUT2D eigenvalue weighted by molar-refractivity contribution is 0.474. The molecular weight excluding hydrogens is 209 g/mol. The molecule has 0 bridgehead atoms. The summed E-state index contributed by atoms with van der Waals surface area (Å²) < 4.78 is 18.0. The minimum atomic E-state index is -0.304. The van der Waals surface area contributed by atoms with Crippen LogP contribution in [-0.2, 0) is 6.54 Å². The third-order valence-electron chi connectivity index (χ3n) is 1.91. The lowest BCUT2D eigenvalue weighted by atomic mass is 10.3. The predicted molar refractivity (Wildman–Crippen MR) is 56.4 cm³/mol. The van der Waals surface area contributed by atoms with Crippen LogP contribution in [0, 0.1) is 5.82 Å². The van der Waals surface area contributed by atoms with Crippen molar-refractivity contribution in [2.24, 2.45) is 5.73 Å². The van der Waals surface area contributed by atoms with Gasteiger partial charge in [-0.1, -0.05) is 0 Å². The van der Waals surface area contributed by atoms with Gasteiger partial charge >= 0.3 is 0 Å². The predicted octanol–water partition coefficient (Wildman–Crippen LogP) is 1.87. The molecule has 0 saturated carbocycles. The first-order chi connectivity index (χ1) is 7.78. The minimum Gasteiger partial charge on any atom is -0.454 e. The lowest BCUT2D eigenvalue weighted by Gasteiger charge is -2.04. The molecule has 0 aliphatic rings. The second-order valence-electron chi connectivity index (χ2n) is 3.10. The van der Waals surface area contributed by atoms with Gasteiger partial charge in [0.2, 0.25) is 0 Å². The largest absolute Gasteiger partial charge is 0.454 e. The Morgan fingerprint density at radius 1 is 1.06 bits per heavy atom. The molecule has 1 aromatic heterocycles. The SMILES string of the molecule is NCc1ncc(Oc2ccc(F)cc2)cn1. The highest BCUT2D eigenvalue weighted by atomic mass is 19.1. The van der Waals surface area contributed by atoms with Crippen LogP contribution in [0.4, 0.5) is 4.39 Å². The van der Waals surface area contributed by atoms with Gasteiger partial charge in [0.1, 0.15) is 17.4 Å². The van der Waals surface area contributed by atoms with Crippen LogP contribution in [0.25, 0.3) is 0 Å². The Morgan fingerprint density at radius 3 is 2.25 bits per heavy atom. The van der Waals surface area contributed by atoms with Crippen molar-refractivity contribution in [3.8, 4) is 11.5 Å². The highest BCUT2D eigenvalue weighted by Crippen LogP contribution is 2.19. The molecule has 2 N–H and O–H groups in total. The van der Waals surface area contributed by atoms with Crippen molar-refractivity contribution in [3.63, 3.8) is 0 Å². The summed E-state index contributed by atoms with van der Waals surface area (Å²) in [5.74, 6) is 1.27. The number of benzene rings is 1. The van der Waals surface area contributed by atoms with E-state index in [-0.39, 0.29) is 12.4 Å². The fraction of sp³-hybridized carbons (Fsp3) is 0.0909. The Balaban J connectivity index is 2.11. The summed E-state index contributed by atoms with van der Waals surface area (Å²) >= 11 is 0. The van der Waals surface area contributed by atoms with Crippen LogP contribution >= 0.6 is 0 Å². The van der Waals surface area contributed by atoms with Crippen LogP contribution in [0.1, 0.15) is 5.82 Å². The maximum Gasteiger partial charge on any atom is 0.164 e. The Morgan fingerprint density at radius 2 is 1.69 bits per heavy atom. The molecule has 0 fully saturated rings. The Kier molecular flexibility index (Phi) is 3.07. The quantitative estimate of drug-likeness (QED) is 0.855. The summed E-state index contributed by atoms with van der Waals surface area (Å²) in [4.78, 5) is 7.95. The highest BCUT2D eigenvalue weighted by molar-refractivity contribution is 5.28. The van der Waals surface area contributed by atoms with Crippen LogP contribution < -0.4 is 10.5 Å². The zero-order valence-corrected chi connectivity index (χ0v) is 8.43. The standard InChI is InChI=1S/C11H10FN3O/c12-8-1-3-9(4-2-8)16-10-6-14-11(5-13)15-7-10/h1-4,6-7H,5,13H2. The van der Waals surface area contributed by atoms with Gasteiger partial charge < -0.3 is 10.5 Å². The second kappa shape index (κ2) is 4.67. The van der Waals surface area contributed by atoms with Gasteiger partial charge in [-0.2, -0.15) is 0 Å². The van der Waals surface area contributed by atoms with E-state index >= 15 is 0 Å². The van der Waals surface area contributed by atoms with Gasteiger partial charge in [-0.15, -0.1) is 0 Å². The molecule has 1 aromatic carbocycles. The molecule has 16 heavy (non-hydrogen) atoms. The molecule has 0 saturated heterocycles. The van der Waals surface area contributed by atoms with Gasteiger partial charge in [0, 0.05) is 0 Å². The number of aromatic nitrogens is 2. The molecule has 2 aromatic rings. The summed E-state index contributed by atoms with van der Waals surface area (Å²) in [7, 11) is 0. The number of nitrogens with two attached hydrogens (primary N) is 1. The molecule has 0 atom stereocenters. The summed E-state index contributed by atoms with van der Waals surface area (Å²) in [5.41, 5.74) is 5.36. The van der Waals surface area contributed by atoms with Crippen molar-refractivity contribution >= 4 is 0 Å². The molecule has 82 valence electrons. The minimum absolute atomic E-state index is 0.289. The highest BCUT2D eigenvalue weighted by Gasteiger charge is 1.99. The van der Waals surface area contributed by atoms with Crippen molar-refractivity contribution in [2.75, 3.05) is 0 Å². The third-order valence-corrected chi connectivity index (χ3v) is 1.91. The molecule has 0 radical (unpaired) electrons. The maximum absolute atomic E-state index is 12.6. The first-order valence-electron chi connectivity index (χ1n) is 4.72. The van der Waals surface area contributed by atoms with Crippen molar-refractivity contribution in [1.29, 1.82) is 0 Å². The fourth-order valence-corrected chi connectivity index (χ4v) is 1.14. The Hall–Kier alpha value is -2.01. The van der Waals surface area contributed by atoms with E-state index in [0.29, 0.717) is 17.3 Å². The number of hydrogen-bond acceptors (Lipinski definition) is 4. The summed E-state index contributed by atoms with van der Waals surface area (Å²) in [6, 6.07) is 5.72. The number of hydrogen-bond donors (Lipinski definition) is 1. The Labute approximate surface area is 91.9 Å². The van der Waals surface area contributed by atoms with Crippen LogP contribution in [0.2, 0.25) is 0 Å². The van der Waals surface area contributed by atoms with Crippen LogP contribution in [0.5, 0.6) is 11.5 Å². The number of rotatable bonds is 3. The van der Waals surface area contributed by atoms with E-state index in [1.165, 1.54) is 36.7 Å². The first kappa shape index (κ1) is 10.5. The van der Waals surface area contributed by atoms with E-state index in [2.05, 4.69) is 9.97 Å². The van der Waals surface area contributed by atoms with Crippen molar-refractivity contribution in [2.45, 2.75) is 6.54 Å². The van der Waals surface area contributed by atoms with E-state index in [1.54, 1.807) is 0 Å². The number of halogens is 1. The molecule has 0 aliphatic heterocycles. The lowest BCUT2D eigenvalue weighted by Crippen LogP contribution is -2.02.